The number of carbonyl (C=O) groups excluding carboxylic acids is 1. The van der Waals surface area contributed by atoms with Gasteiger partial charge < -0.3 is 16.0 Å². The number of hydrogen-bond acceptors (Lipinski definition) is 5. The van der Waals surface area contributed by atoms with Crippen LogP contribution in [0.4, 0.5) is 5.95 Å². The minimum atomic E-state index is -0.130. The molecule has 0 bridgehead atoms. The number of nitrogens with zero attached hydrogens (tertiary/aromatic N) is 3. The smallest absolute Gasteiger partial charge is 0.273 e. The molecule has 0 unspecified atom stereocenters. The molecule has 1 aliphatic heterocycles. The SMILES string of the molecule is CC(C)(C)NCc1ccccc1-c1ccc2nc(N)nc(C(=O)N3Cc4ccccc4C3)c2c1. The number of benzene rings is 3. The van der Waals surface area contributed by atoms with Gasteiger partial charge in [0.25, 0.3) is 5.91 Å². The number of nitrogens with one attached hydrogen (secondary N) is 1. The monoisotopic (exact) mass is 451 g/mol. The number of aromatic nitrogens is 2. The summed E-state index contributed by atoms with van der Waals surface area (Å²) >= 11 is 0. The first-order valence-electron chi connectivity index (χ1n) is 11.6. The lowest BCUT2D eigenvalue weighted by Crippen LogP contribution is -2.35. The Morgan fingerprint density at radius 3 is 2.35 bits per heavy atom. The van der Waals surface area contributed by atoms with Crippen LogP contribution in [-0.2, 0) is 19.6 Å². The standard InChI is InChI=1S/C28H29N5O/c1-28(2,3)30-15-19-8-6-7-11-22(19)18-12-13-24-23(14-18)25(32-27(29)31-24)26(34)33-16-20-9-4-5-10-21(20)17-33/h4-14,30H,15-17H2,1-3H3,(H2,29,31,32). The molecule has 0 radical (unpaired) electrons. The fraction of sp³-hybridized carbons (Fsp3) is 0.250. The van der Waals surface area contributed by atoms with Gasteiger partial charge in [0, 0.05) is 30.6 Å². The van der Waals surface area contributed by atoms with Gasteiger partial charge in [0.05, 0.1) is 5.52 Å². The summed E-state index contributed by atoms with van der Waals surface area (Å²) in [4.78, 5) is 24.2. The van der Waals surface area contributed by atoms with E-state index in [2.05, 4.69) is 60.3 Å². The zero-order chi connectivity index (χ0) is 23.9. The molecule has 1 amide bonds. The highest BCUT2D eigenvalue weighted by Crippen LogP contribution is 2.30. The van der Waals surface area contributed by atoms with E-state index in [-0.39, 0.29) is 17.4 Å². The molecule has 1 aliphatic rings. The molecular weight excluding hydrogens is 422 g/mol. The number of nitrogen functional groups attached to an aromatic ring is 1. The molecule has 0 fully saturated rings. The number of nitrogens with two attached hydrogens (primary N) is 1. The number of fused-ring (bicyclic) bond motifs is 2. The molecule has 0 saturated carbocycles. The van der Waals surface area contributed by atoms with E-state index < -0.39 is 0 Å². The third kappa shape index (κ3) is 4.37. The van der Waals surface area contributed by atoms with Crippen LogP contribution < -0.4 is 11.1 Å². The fourth-order valence-corrected chi connectivity index (χ4v) is 4.42. The lowest BCUT2D eigenvalue weighted by molar-refractivity contribution is 0.0747. The second kappa shape index (κ2) is 8.54. The third-order valence-corrected chi connectivity index (χ3v) is 6.18. The first kappa shape index (κ1) is 22.0. The predicted molar refractivity (Wildman–Crippen MR) is 136 cm³/mol. The van der Waals surface area contributed by atoms with Gasteiger partial charge in [-0.15, -0.1) is 0 Å². The van der Waals surface area contributed by atoms with Crippen molar-refractivity contribution in [2.45, 2.75) is 45.9 Å². The number of rotatable bonds is 4. The summed E-state index contributed by atoms with van der Waals surface area (Å²) < 4.78 is 0. The summed E-state index contributed by atoms with van der Waals surface area (Å²) in [5.41, 5.74) is 12.7. The van der Waals surface area contributed by atoms with Crippen molar-refractivity contribution in [1.82, 2.24) is 20.2 Å². The van der Waals surface area contributed by atoms with E-state index in [0.29, 0.717) is 29.7 Å². The molecule has 0 atom stereocenters. The number of hydrogen-bond donors (Lipinski definition) is 2. The molecule has 3 aromatic carbocycles. The van der Waals surface area contributed by atoms with E-state index in [0.717, 1.165) is 17.7 Å². The van der Waals surface area contributed by atoms with Crippen molar-refractivity contribution in [3.63, 3.8) is 0 Å². The Kier molecular flexibility index (Phi) is 5.54. The van der Waals surface area contributed by atoms with Gasteiger partial charge >= 0.3 is 0 Å². The summed E-state index contributed by atoms with van der Waals surface area (Å²) in [7, 11) is 0. The first-order chi connectivity index (χ1) is 16.3. The highest BCUT2D eigenvalue weighted by Gasteiger charge is 2.27. The fourth-order valence-electron chi connectivity index (χ4n) is 4.42. The van der Waals surface area contributed by atoms with Crippen LogP contribution in [0.3, 0.4) is 0 Å². The first-order valence-corrected chi connectivity index (χ1v) is 11.6. The van der Waals surface area contributed by atoms with Crippen molar-refractivity contribution in [3.05, 3.63) is 89.1 Å². The molecule has 6 nitrogen and oxygen atoms in total. The maximum atomic E-state index is 13.6. The van der Waals surface area contributed by atoms with Gasteiger partial charge in [-0.05, 0) is 60.7 Å². The highest BCUT2D eigenvalue weighted by atomic mass is 16.2. The van der Waals surface area contributed by atoms with Crippen LogP contribution in [0, 0.1) is 0 Å². The van der Waals surface area contributed by atoms with Gasteiger partial charge in [0.1, 0.15) is 5.69 Å². The Balaban J connectivity index is 1.54. The maximum absolute atomic E-state index is 13.6. The Morgan fingerprint density at radius 1 is 0.971 bits per heavy atom. The number of amides is 1. The van der Waals surface area contributed by atoms with Crippen LogP contribution in [0.5, 0.6) is 0 Å². The van der Waals surface area contributed by atoms with E-state index in [4.69, 9.17) is 5.73 Å². The number of anilines is 1. The second-order valence-electron chi connectivity index (χ2n) is 9.85. The molecule has 0 saturated heterocycles. The third-order valence-electron chi connectivity index (χ3n) is 6.18. The van der Waals surface area contributed by atoms with E-state index >= 15 is 0 Å². The Morgan fingerprint density at radius 2 is 1.65 bits per heavy atom. The average molecular weight is 452 g/mol. The van der Waals surface area contributed by atoms with Crippen LogP contribution in [0.15, 0.2) is 66.7 Å². The van der Waals surface area contributed by atoms with Crippen LogP contribution in [0.2, 0.25) is 0 Å². The van der Waals surface area contributed by atoms with E-state index in [1.54, 1.807) is 0 Å². The number of carbonyl (C=O) groups is 1. The van der Waals surface area contributed by atoms with Crippen molar-refractivity contribution in [3.8, 4) is 11.1 Å². The van der Waals surface area contributed by atoms with E-state index in [9.17, 15) is 4.79 Å². The molecule has 5 rings (SSSR count). The molecule has 2 heterocycles. The molecule has 4 aromatic rings. The lowest BCUT2D eigenvalue weighted by Gasteiger charge is -2.22. The summed E-state index contributed by atoms with van der Waals surface area (Å²) in [6.07, 6.45) is 0. The van der Waals surface area contributed by atoms with Crippen LogP contribution >= 0.6 is 0 Å². The zero-order valence-electron chi connectivity index (χ0n) is 19.8. The molecule has 3 N–H and O–H groups in total. The van der Waals surface area contributed by atoms with Crippen molar-refractivity contribution < 1.29 is 4.79 Å². The maximum Gasteiger partial charge on any atom is 0.273 e. The molecule has 0 spiro atoms. The van der Waals surface area contributed by atoms with Gasteiger partial charge in [0.2, 0.25) is 5.95 Å². The minimum absolute atomic E-state index is 0.00869. The van der Waals surface area contributed by atoms with E-state index in [1.807, 2.05) is 47.4 Å². The van der Waals surface area contributed by atoms with Crippen molar-refractivity contribution in [2.24, 2.45) is 0 Å². The van der Waals surface area contributed by atoms with Crippen LogP contribution in [0.25, 0.3) is 22.0 Å². The Labute approximate surface area is 199 Å². The van der Waals surface area contributed by atoms with E-state index in [1.165, 1.54) is 16.7 Å². The normalized spacial score (nSPS) is 13.3. The van der Waals surface area contributed by atoms with Gasteiger partial charge in [-0.25, -0.2) is 9.97 Å². The average Bonchev–Trinajstić information content (AvgIpc) is 3.25. The highest BCUT2D eigenvalue weighted by molar-refractivity contribution is 6.05. The lowest BCUT2D eigenvalue weighted by atomic mass is 9.97. The molecule has 0 aliphatic carbocycles. The Bertz CT molecular complexity index is 1360. The van der Waals surface area contributed by atoms with Gasteiger partial charge in [-0.1, -0.05) is 54.6 Å². The molecule has 172 valence electrons. The van der Waals surface area contributed by atoms with Crippen molar-refractivity contribution >= 4 is 22.8 Å². The topological polar surface area (TPSA) is 84.1 Å². The second-order valence-corrected chi connectivity index (χ2v) is 9.85. The molecular formula is C28H29N5O. The summed E-state index contributed by atoms with van der Waals surface area (Å²) in [6.45, 7) is 8.35. The largest absolute Gasteiger partial charge is 0.368 e. The molecule has 34 heavy (non-hydrogen) atoms. The van der Waals surface area contributed by atoms with Gasteiger partial charge in [-0.3, -0.25) is 4.79 Å². The summed E-state index contributed by atoms with van der Waals surface area (Å²) in [6, 6.07) is 22.4. The molecule has 6 heteroatoms. The zero-order valence-corrected chi connectivity index (χ0v) is 19.8. The van der Waals surface area contributed by atoms with Gasteiger partial charge in [0.15, 0.2) is 0 Å². The quantitative estimate of drug-likeness (QED) is 0.460. The summed E-state index contributed by atoms with van der Waals surface area (Å²) in [5.74, 6) is -0.0229. The summed E-state index contributed by atoms with van der Waals surface area (Å²) in [5, 5.41) is 4.28. The molecule has 1 aromatic heterocycles. The van der Waals surface area contributed by atoms with Crippen molar-refractivity contribution in [1.29, 1.82) is 0 Å². The van der Waals surface area contributed by atoms with Crippen LogP contribution in [-0.4, -0.2) is 26.3 Å². The van der Waals surface area contributed by atoms with Crippen LogP contribution in [0.1, 0.15) is 48.0 Å². The Hall–Kier alpha value is -3.77. The van der Waals surface area contributed by atoms with Gasteiger partial charge in [-0.2, -0.15) is 0 Å². The predicted octanol–water partition coefficient (Wildman–Crippen LogP) is 4.92. The van der Waals surface area contributed by atoms with Crippen molar-refractivity contribution in [2.75, 3.05) is 5.73 Å². The minimum Gasteiger partial charge on any atom is -0.368 e.